The third kappa shape index (κ3) is 1.47. The zero-order chi connectivity index (χ0) is 11.8. The second-order valence-electron chi connectivity index (χ2n) is 4.04. The number of hydrogen-bond donors (Lipinski definition) is 2. The van der Waals surface area contributed by atoms with Crippen LogP contribution in [0.5, 0.6) is 0 Å². The minimum Gasteiger partial charge on any atom is -0.478 e. The summed E-state index contributed by atoms with van der Waals surface area (Å²) < 4.78 is 0. The Balaban J connectivity index is 2.33. The van der Waals surface area contributed by atoms with E-state index < -0.39 is 5.97 Å². The summed E-state index contributed by atoms with van der Waals surface area (Å²) in [5, 5.41) is 12.5. The minimum absolute atomic E-state index is 0.349. The smallest absolute Gasteiger partial charge is 0.336 e. The summed E-state index contributed by atoms with van der Waals surface area (Å²) in [5.74, 6) is -0.889. The van der Waals surface area contributed by atoms with Crippen molar-refractivity contribution in [3.63, 3.8) is 0 Å². The minimum atomic E-state index is -0.889. The molecule has 1 aliphatic rings. The van der Waals surface area contributed by atoms with Gasteiger partial charge in [0.1, 0.15) is 0 Å². The molecule has 2 aromatic carbocycles. The van der Waals surface area contributed by atoms with Gasteiger partial charge < -0.3 is 10.4 Å². The van der Waals surface area contributed by atoms with Crippen LogP contribution >= 0.6 is 0 Å². The SMILES string of the molecule is O=C(O)c1cccc2c1-c1ccccc1CN2. The number of aromatic carboxylic acids is 1. The van der Waals surface area contributed by atoms with Gasteiger partial charge in [0.05, 0.1) is 5.56 Å². The Kier molecular flexibility index (Phi) is 2.11. The van der Waals surface area contributed by atoms with Gasteiger partial charge in [-0.3, -0.25) is 0 Å². The number of fused-ring (bicyclic) bond motifs is 3. The van der Waals surface area contributed by atoms with Crippen LogP contribution in [-0.4, -0.2) is 11.1 Å². The van der Waals surface area contributed by atoms with E-state index in [-0.39, 0.29) is 0 Å². The standard InChI is InChI=1S/C14H11NO2/c16-14(17)11-6-3-7-12-13(11)10-5-2-1-4-9(10)8-15-12/h1-7,15H,8H2,(H,16,17). The van der Waals surface area contributed by atoms with Crippen LogP contribution in [-0.2, 0) is 6.54 Å². The largest absolute Gasteiger partial charge is 0.478 e. The molecule has 0 bridgehead atoms. The number of hydrogen-bond acceptors (Lipinski definition) is 2. The molecule has 2 N–H and O–H groups in total. The molecule has 0 fully saturated rings. The molecule has 0 unspecified atom stereocenters. The number of carboxylic acids is 1. The summed E-state index contributed by atoms with van der Waals surface area (Å²) >= 11 is 0. The molecule has 0 aliphatic carbocycles. The van der Waals surface area contributed by atoms with Crippen molar-refractivity contribution < 1.29 is 9.90 Å². The molecule has 0 radical (unpaired) electrons. The average Bonchev–Trinajstić information content (AvgIpc) is 2.37. The molecular weight excluding hydrogens is 214 g/mol. The highest BCUT2D eigenvalue weighted by Crippen LogP contribution is 2.37. The van der Waals surface area contributed by atoms with E-state index in [1.165, 1.54) is 0 Å². The van der Waals surface area contributed by atoms with Gasteiger partial charge in [-0.05, 0) is 23.3 Å². The maximum atomic E-state index is 11.3. The number of anilines is 1. The van der Waals surface area contributed by atoms with Gasteiger partial charge in [0.25, 0.3) is 0 Å². The number of carbonyl (C=O) groups is 1. The van der Waals surface area contributed by atoms with E-state index in [1.807, 2.05) is 30.3 Å². The first kappa shape index (κ1) is 9.90. The molecule has 17 heavy (non-hydrogen) atoms. The zero-order valence-corrected chi connectivity index (χ0v) is 9.10. The van der Waals surface area contributed by atoms with Crippen LogP contribution < -0.4 is 5.32 Å². The molecule has 0 spiro atoms. The van der Waals surface area contributed by atoms with Gasteiger partial charge >= 0.3 is 5.97 Å². The fraction of sp³-hybridized carbons (Fsp3) is 0.0714. The summed E-state index contributed by atoms with van der Waals surface area (Å²) in [4.78, 5) is 11.3. The lowest BCUT2D eigenvalue weighted by Gasteiger charge is -2.22. The van der Waals surface area contributed by atoms with E-state index in [0.717, 1.165) is 28.9 Å². The molecule has 0 amide bonds. The Morgan fingerprint density at radius 1 is 1.12 bits per heavy atom. The normalized spacial score (nSPS) is 12.2. The second kappa shape index (κ2) is 3.63. The monoisotopic (exact) mass is 225 g/mol. The lowest BCUT2D eigenvalue weighted by atomic mass is 9.91. The van der Waals surface area contributed by atoms with Crippen molar-refractivity contribution in [2.45, 2.75) is 6.54 Å². The van der Waals surface area contributed by atoms with Crippen molar-refractivity contribution in [2.24, 2.45) is 0 Å². The van der Waals surface area contributed by atoms with Crippen LogP contribution in [0.15, 0.2) is 42.5 Å². The van der Waals surface area contributed by atoms with E-state index in [0.29, 0.717) is 5.56 Å². The molecule has 2 aromatic rings. The fourth-order valence-electron chi connectivity index (χ4n) is 2.28. The van der Waals surface area contributed by atoms with Crippen LogP contribution in [0, 0.1) is 0 Å². The van der Waals surface area contributed by atoms with Crippen molar-refractivity contribution in [1.82, 2.24) is 0 Å². The fourth-order valence-corrected chi connectivity index (χ4v) is 2.28. The molecule has 3 rings (SSSR count). The lowest BCUT2D eigenvalue weighted by Crippen LogP contribution is -2.11. The van der Waals surface area contributed by atoms with Crippen LogP contribution in [0.1, 0.15) is 15.9 Å². The van der Waals surface area contributed by atoms with Crippen molar-refractivity contribution >= 4 is 11.7 Å². The second-order valence-corrected chi connectivity index (χ2v) is 4.04. The number of nitrogens with one attached hydrogen (secondary N) is 1. The van der Waals surface area contributed by atoms with Crippen molar-refractivity contribution in [3.05, 3.63) is 53.6 Å². The van der Waals surface area contributed by atoms with Crippen molar-refractivity contribution in [1.29, 1.82) is 0 Å². The molecular formula is C14H11NO2. The molecule has 3 nitrogen and oxygen atoms in total. The molecule has 0 aromatic heterocycles. The molecule has 1 aliphatic heterocycles. The summed E-state index contributed by atoms with van der Waals surface area (Å²) in [6.45, 7) is 0.742. The topological polar surface area (TPSA) is 49.3 Å². The van der Waals surface area contributed by atoms with E-state index >= 15 is 0 Å². The average molecular weight is 225 g/mol. The number of benzene rings is 2. The Morgan fingerprint density at radius 3 is 2.76 bits per heavy atom. The third-order valence-corrected chi connectivity index (χ3v) is 3.05. The van der Waals surface area contributed by atoms with E-state index in [1.54, 1.807) is 12.1 Å². The Bertz CT molecular complexity index is 605. The summed E-state index contributed by atoms with van der Waals surface area (Å²) in [6, 6.07) is 13.2. The van der Waals surface area contributed by atoms with Crippen molar-refractivity contribution in [2.75, 3.05) is 5.32 Å². The Morgan fingerprint density at radius 2 is 1.94 bits per heavy atom. The van der Waals surface area contributed by atoms with Gasteiger partial charge in [-0.25, -0.2) is 4.79 Å². The predicted octanol–water partition coefficient (Wildman–Crippen LogP) is 2.98. The van der Waals surface area contributed by atoms with Gasteiger partial charge in [0.15, 0.2) is 0 Å². The van der Waals surface area contributed by atoms with Crippen molar-refractivity contribution in [3.8, 4) is 11.1 Å². The van der Waals surface area contributed by atoms with Crippen LogP contribution in [0.3, 0.4) is 0 Å². The van der Waals surface area contributed by atoms with Gasteiger partial charge in [-0.15, -0.1) is 0 Å². The molecule has 0 saturated carbocycles. The number of carboxylic acid groups (broad SMARTS) is 1. The maximum Gasteiger partial charge on any atom is 0.336 e. The van der Waals surface area contributed by atoms with E-state index in [2.05, 4.69) is 5.32 Å². The van der Waals surface area contributed by atoms with Crippen LogP contribution in [0.25, 0.3) is 11.1 Å². The molecule has 1 heterocycles. The van der Waals surface area contributed by atoms with Crippen LogP contribution in [0.4, 0.5) is 5.69 Å². The Labute approximate surface area is 98.7 Å². The van der Waals surface area contributed by atoms with E-state index in [9.17, 15) is 9.90 Å². The van der Waals surface area contributed by atoms with E-state index in [4.69, 9.17) is 0 Å². The molecule has 0 saturated heterocycles. The maximum absolute atomic E-state index is 11.3. The lowest BCUT2D eigenvalue weighted by molar-refractivity contribution is 0.0698. The third-order valence-electron chi connectivity index (χ3n) is 3.05. The number of rotatable bonds is 1. The molecule has 0 atom stereocenters. The first-order chi connectivity index (χ1) is 8.27. The highest BCUT2D eigenvalue weighted by atomic mass is 16.4. The summed E-state index contributed by atoms with van der Waals surface area (Å²) in [7, 11) is 0. The quantitative estimate of drug-likeness (QED) is 0.784. The summed E-state index contributed by atoms with van der Waals surface area (Å²) in [5.41, 5.74) is 4.18. The van der Waals surface area contributed by atoms with Gasteiger partial charge in [-0.1, -0.05) is 30.3 Å². The Hall–Kier alpha value is -2.29. The van der Waals surface area contributed by atoms with Gasteiger partial charge in [0, 0.05) is 17.8 Å². The highest BCUT2D eigenvalue weighted by molar-refractivity contribution is 6.01. The molecule has 84 valence electrons. The highest BCUT2D eigenvalue weighted by Gasteiger charge is 2.20. The zero-order valence-electron chi connectivity index (χ0n) is 9.10. The molecule has 3 heteroatoms. The first-order valence-corrected chi connectivity index (χ1v) is 5.46. The van der Waals surface area contributed by atoms with Crippen LogP contribution in [0.2, 0.25) is 0 Å². The summed E-state index contributed by atoms with van der Waals surface area (Å²) in [6.07, 6.45) is 0. The van der Waals surface area contributed by atoms with Gasteiger partial charge in [0.2, 0.25) is 0 Å². The van der Waals surface area contributed by atoms with Gasteiger partial charge in [-0.2, -0.15) is 0 Å². The first-order valence-electron chi connectivity index (χ1n) is 5.46. The predicted molar refractivity (Wildman–Crippen MR) is 66.2 cm³/mol.